The average molecular weight is 412 g/mol. The van der Waals surface area contributed by atoms with Crippen LogP contribution in [-0.4, -0.2) is 0 Å². The summed E-state index contributed by atoms with van der Waals surface area (Å²) >= 11 is 0. The molecule has 0 bridgehead atoms. The second-order valence-electron chi connectivity index (χ2n) is 0. The Labute approximate surface area is 100 Å². The first-order valence-corrected chi connectivity index (χ1v) is 0. The molecule has 36 valence electrons. The maximum atomic E-state index is 0. The van der Waals surface area contributed by atoms with Gasteiger partial charge < -0.3 is 49.6 Å². The standard InChI is InChI=1S/4ClH.Hf.Zr/h4*1H;;/q;;;;+4;/p-4. The Morgan fingerprint density at radius 3 is 0.500 bits per heavy atom. The molecule has 0 amide bonds. The summed E-state index contributed by atoms with van der Waals surface area (Å²) in [4.78, 5) is 0. The van der Waals surface area contributed by atoms with Gasteiger partial charge in [0.2, 0.25) is 0 Å². The largest absolute Gasteiger partial charge is 4.00 e. The summed E-state index contributed by atoms with van der Waals surface area (Å²) in [6, 6.07) is 0. The third-order valence-electron chi connectivity index (χ3n) is 0. The van der Waals surface area contributed by atoms with Crippen LogP contribution in [0.5, 0.6) is 0 Å². The summed E-state index contributed by atoms with van der Waals surface area (Å²) in [5.74, 6) is 0. The molecular weight excluding hydrogens is 412 g/mol. The van der Waals surface area contributed by atoms with Gasteiger partial charge in [0.15, 0.2) is 0 Å². The zero-order chi connectivity index (χ0) is 0. The van der Waals surface area contributed by atoms with Gasteiger partial charge in [-0.3, -0.25) is 0 Å². The number of hydrogen-bond donors (Lipinski definition) is 0. The molecule has 0 atom stereocenters. The quantitative estimate of drug-likeness (QED) is 0.348. The van der Waals surface area contributed by atoms with Gasteiger partial charge in [0, 0.05) is 26.2 Å². The predicted octanol–water partition coefficient (Wildman–Crippen LogP) is -12.0. The van der Waals surface area contributed by atoms with Crippen LogP contribution in [0, 0.1) is 0 Å². The fourth-order valence-corrected chi connectivity index (χ4v) is 0. The van der Waals surface area contributed by atoms with Gasteiger partial charge in [0.05, 0.1) is 0 Å². The Bertz CT molecular complexity index is 7.51. The van der Waals surface area contributed by atoms with Crippen LogP contribution in [0.2, 0.25) is 0 Å². The molecule has 0 spiro atoms. The first-order valence-electron chi connectivity index (χ1n) is 0. The van der Waals surface area contributed by atoms with E-state index < -0.39 is 0 Å². The van der Waals surface area contributed by atoms with Crippen LogP contribution in [0.3, 0.4) is 0 Å². The fraction of sp³-hybridized carbons (Fsp3) is 0. The fourth-order valence-electron chi connectivity index (χ4n) is 0. The van der Waals surface area contributed by atoms with Gasteiger partial charge in [0.25, 0.3) is 0 Å². The summed E-state index contributed by atoms with van der Waals surface area (Å²) in [7, 11) is 0. The Balaban J connectivity index is 0. The molecule has 0 aliphatic rings. The molecule has 0 aliphatic carbocycles. The Kier molecular flexibility index (Phi) is 488. The van der Waals surface area contributed by atoms with Crippen molar-refractivity contribution >= 4 is 0 Å². The van der Waals surface area contributed by atoms with E-state index in [4.69, 9.17) is 0 Å². The molecule has 0 nitrogen and oxygen atoms in total. The molecule has 0 fully saturated rings. The van der Waals surface area contributed by atoms with E-state index in [1.807, 2.05) is 0 Å². The predicted molar refractivity (Wildman–Crippen MR) is 0 cm³/mol. The summed E-state index contributed by atoms with van der Waals surface area (Å²) in [6.45, 7) is 0. The minimum atomic E-state index is 0. The van der Waals surface area contributed by atoms with Crippen molar-refractivity contribution in [2.45, 2.75) is 0 Å². The van der Waals surface area contributed by atoms with Crippen molar-refractivity contribution in [1.29, 1.82) is 0 Å². The number of rotatable bonds is 0. The maximum Gasteiger partial charge on any atom is 4.00 e. The number of halogens is 4. The molecule has 0 N–H and O–H groups in total. The van der Waals surface area contributed by atoms with Crippen molar-refractivity contribution in [3.63, 3.8) is 0 Å². The van der Waals surface area contributed by atoms with Gasteiger partial charge in [-0.05, 0) is 0 Å². The Morgan fingerprint density at radius 2 is 0.500 bits per heavy atom. The molecule has 0 saturated heterocycles. The van der Waals surface area contributed by atoms with E-state index in [2.05, 4.69) is 0 Å². The third kappa shape index (κ3) is 28.5. The van der Waals surface area contributed by atoms with Gasteiger partial charge in [-0.1, -0.05) is 0 Å². The second-order valence-corrected chi connectivity index (χ2v) is 0. The molecule has 0 aromatic rings. The molecule has 0 aliphatic heterocycles. The molecule has 6 heavy (non-hydrogen) atoms. The monoisotopic (exact) mass is 410 g/mol. The van der Waals surface area contributed by atoms with Gasteiger partial charge in [-0.25, -0.2) is 0 Å². The molecule has 0 unspecified atom stereocenters. The van der Waals surface area contributed by atoms with E-state index >= 15 is 0 Å². The van der Waals surface area contributed by atoms with E-state index in [0.717, 1.165) is 0 Å². The first kappa shape index (κ1) is 65.8. The van der Waals surface area contributed by atoms with Gasteiger partial charge in [-0.15, -0.1) is 0 Å². The van der Waals surface area contributed by atoms with Crippen LogP contribution in [0.1, 0.15) is 0 Å². The summed E-state index contributed by atoms with van der Waals surface area (Å²) in [5.41, 5.74) is 0. The minimum Gasteiger partial charge on any atom is -1.00 e. The first-order chi connectivity index (χ1) is 0. The average Bonchev–Trinajstić information content (AvgIpc) is 0. The van der Waals surface area contributed by atoms with E-state index in [0.29, 0.717) is 0 Å². The Morgan fingerprint density at radius 1 is 0.500 bits per heavy atom. The molecule has 0 heterocycles. The molecular formula is Cl4HfZr. The van der Waals surface area contributed by atoms with Gasteiger partial charge in [0.1, 0.15) is 0 Å². The summed E-state index contributed by atoms with van der Waals surface area (Å²) in [6.07, 6.45) is 0. The van der Waals surface area contributed by atoms with Crippen LogP contribution in [0.25, 0.3) is 0 Å². The zero-order valence-electron chi connectivity index (χ0n) is 2.51. The van der Waals surface area contributed by atoms with Crippen LogP contribution < -0.4 is 49.6 Å². The van der Waals surface area contributed by atoms with Crippen molar-refractivity contribution < 1.29 is 102 Å². The van der Waals surface area contributed by atoms with Crippen molar-refractivity contribution in [3.05, 3.63) is 0 Å². The van der Waals surface area contributed by atoms with Crippen molar-refractivity contribution in [2.24, 2.45) is 0 Å². The maximum absolute atomic E-state index is 0. The topological polar surface area (TPSA) is 0 Å². The molecule has 0 saturated carbocycles. The van der Waals surface area contributed by atoms with E-state index in [1.54, 1.807) is 0 Å². The smallest absolute Gasteiger partial charge is 1.00 e. The zero-order valence-corrected chi connectivity index (χ0v) is 11.6. The molecule has 0 rings (SSSR count). The minimum absolute atomic E-state index is 0. The van der Waals surface area contributed by atoms with E-state index in [-0.39, 0.29) is 102 Å². The van der Waals surface area contributed by atoms with Crippen molar-refractivity contribution in [1.82, 2.24) is 0 Å². The SMILES string of the molecule is [Cl-].[Cl-].[Cl-].[Cl-].[Hf+4].[Zr]. The van der Waals surface area contributed by atoms with Crippen LogP contribution in [0.15, 0.2) is 0 Å². The van der Waals surface area contributed by atoms with Crippen LogP contribution in [0.4, 0.5) is 0 Å². The molecule has 0 aromatic heterocycles. The molecule has 6 heteroatoms. The van der Waals surface area contributed by atoms with E-state index in [9.17, 15) is 0 Å². The van der Waals surface area contributed by atoms with Gasteiger partial charge >= 0.3 is 25.8 Å². The number of hydrogen-bond acceptors (Lipinski definition) is 0. The van der Waals surface area contributed by atoms with Crippen LogP contribution >= 0.6 is 0 Å². The third-order valence-corrected chi connectivity index (χ3v) is 0. The van der Waals surface area contributed by atoms with Gasteiger partial charge in [-0.2, -0.15) is 0 Å². The molecule has 0 aromatic carbocycles. The molecule has 0 radical (unpaired) electrons. The second kappa shape index (κ2) is 44.6. The van der Waals surface area contributed by atoms with Crippen molar-refractivity contribution in [3.8, 4) is 0 Å². The summed E-state index contributed by atoms with van der Waals surface area (Å²) < 4.78 is 0. The normalized spacial score (nSPS) is 0. The van der Waals surface area contributed by atoms with Crippen LogP contribution in [-0.2, 0) is 52.0 Å². The Hall–Kier alpha value is 2.91. The van der Waals surface area contributed by atoms with E-state index in [1.165, 1.54) is 0 Å². The van der Waals surface area contributed by atoms with Crippen molar-refractivity contribution in [2.75, 3.05) is 0 Å². The summed E-state index contributed by atoms with van der Waals surface area (Å²) in [5, 5.41) is 0.